The van der Waals surface area contributed by atoms with Gasteiger partial charge in [-0.25, -0.2) is 4.90 Å². The molecule has 0 unspecified atom stereocenters. The summed E-state index contributed by atoms with van der Waals surface area (Å²) in [5.41, 5.74) is 2.49. The molecule has 3 rings (SSSR count). The molecule has 5 heteroatoms. The van der Waals surface area contributed by atoms with Crippen LogP contribution in [0.1, 0.15) is 36.6 Å². The van der Waals surface area contributed by atoms with E-state index in [4.69, 9.17) is 0 Å². The van der Waals surface area contributed by atoms with Crippen LogP contribution in [0.5, 0.6) is 0 Å². The summed E-state index contributed by atoms with van der Waals surface area (Å²) in [6.07, 6.45) is 0. The Balaban J connectivity index is 2.05. The van der Waals surface area contributed by atoms with E-state index in [1.807, 2.05) is 0 Å². The van der Waals surface area contributed by atoms with Crippen molar-refractivity contribution < 1.29 is 14.4 Å². The van der Waals surface area contributed by atoms with Gasteiger partial charge in [-0.1, -0.05) is 12.1 Å². The molecule has 110 valence electrons. The Morgan fingerprint density at radius 3 is 2.09 bits per heavy atom. The summed E-state index contributed by atoms with van der Waals surface area (Å²) in [6.45, 7) is 1.77. The van der Waals surface area contributed by atoms with E-state index in [9.17, 15) is 14.4 Å². The van der Waals surface area contributed by atoms with Gasteiger partial charge >= 0.3 is 0 Å². The molecular weight excluding hydrogens is 280 g/mol. The number of nitrogens with one attached hydrogen (secondary N) is 1. The average Bonchev–Trinajstić information content (AvgIpc) is 2.79. The zero-order chi connectivity index (χ0) is 15.9. The van der Waals surface area contributed by atoms with Gasteiger partial charge in [-0.2, -0.15) is 0 Å². The van der Waals surface area contributed by atoms with Crippen LogP contribution in [0, 0.1) is 6.92 Å². The minimum atomic E-state index is -0.337. The number of nitrogens with zero attached hydrogens (tertiary/aromatic N) is 1. The zero-order valence-electron chi connectivity index (χ0n) is 12.2. The first-order valence-corrected chi connectivity index (χ1v) is 6.85. The van der Waals surface area contributed by atoms with Gasteiger partial charge in [0.2, 0.25) is 0 Å². The molecule has 22 heavy (non-hydrogen) atoms. The first-order chi connectivity index (χ1) is 10.5. The third-order valence-corrected chi connectivity index (χ3v) is 3.72. The fraction of sp³-hybridized carbons (Fsp3) is 0.118. The van der Waals surface area contributed by atoms with Gasteiger partial charge in [0.25, 0.3) is 17.7 Å². The summed E-state index contributed by atoms with van der Waals surface area (Å²) in [5, 5.41) is 2.54. The molecule has 1 aliphatic rings. The van der Waals surface area contributed by atoms with E-state index in [0.29, 0.717) is 27.9 Å². The second kappa shape index (κ2) is 5.11. The third-order valence-electron chi connectivity index (χ3n) is 3.72. The summed E-state index contributed by atoms with van der Waals surface area (Å²) in [4.78, 5) is 37.7. The quantitative estimate of drug-likeness (QED) is 0.863. The van der Waals surface area contributed by atoms with E-state index >= 15 is 0 Å². The van der Waals surface area contributed by atoms with Gasteiger partial charge in [-0.3, -0.25) is 14.4 Å². The summed E-state index contributed by atoms with van der Waals surface area (Å²) >= 11 is 0. The van der Waals surface area contributed by atoms with E-state index in [1.165, 1.54) is 0 Å². The van der Waals surface area contributed by atoms with Crippen LogP contribution < -0.4 is 10.2 Å². The molecule has 2 aromatic carbocycles. The zero-order valence-corrected chi connectivity index (χ0v) is 12.2. The van der Waals surface area contributed by atoms with Crippen LogP contribution in [-0.2, 0) is 0 Å². The summed E-state index contributed by atoms with van der Waals surface area (Å²) in [5.74, 6) is -0.884. The molecule has 0 atom stereocenters. The van der Waals surface area contributed by atoms with E-state index < -0.39 is 0 Å². The second-order valence-corrected chi connectivity index (χ2v) is 5.07. The summed E-state index contributed by atoms with van der Waals surface area (Å²) < 4.78 is 0. The van der Waals surface area contributed by atoms with Crippen LogP contribution in [0.2, 0.25) is 0 Å². The van der Waals surface area contributed by atoms with Gasteiger partial charge in [-0.15, -0.1) is 0 Å². The number of carbonyl (C=O) groups excluding carboxylic acids is 3. The fourth-order valence-corrected chi connectivity index (χ4v) is 2.60. The van der Waals surface area contributed by atoms with Crippen molar-refractivity contribution in [3.8, 4) is 0 Å². The van der Waals surface area contributed by atoms with Gasteiger partial charge < -0.3 is 5.32 Å². The first-order valence-electron chi connectivity index (χ1n) is 6.85. The molecule has 1 aliphatic heterocycles. The molecule has 5 nitrogen and oxygen atoms in total. The fourth-order valence-electron chi connectivity index (χ4n) is 2.60. The normalized spacial score (nSPS) is 13.3. The minimum absolute atomic E-state index is 0.211. The summed E-state index contributed by atoms with van der Waals surface area (Å²) in [7, 11) is 1.55. The minimum Gasteiger partial charge on any atom is -0.355 e. The molecule has 1 N–H and O–H groups in total. The molecule has 0 aromatic heterocycles. The van der Waals surface area contributed by atoms with Crippen LogP contribution >= 0.6 is 0 Å². The highest BCUT2D eigenvalue weighted by Crippen LogP contribution is 2.30. The Morgan fingerprint density at radius 1 is 1.00 bits per heavy atom. The van der Waals surface area contributed by atoms with Gasteiger partial charge in [0, 0.05) is 12.6 Å². The van der Waals surface area contributed by atoms with Gasteiger partial charge in [0.05, 0.1) is 16.8 Å². The molecule has 0 fully saturated rings. The van der Waals surface area contributed by atoms with Crippen molar-refractivity contribution in [1.82, 2.24) is 5.32 Å². The Labute approximate surface area is 127 Å². The van der Waals surface area contributed by atoms with E-state index in [0.717, 1.165) is 4.90 Å². The Kier molecular flexibility index (Phi) is 3.25. The maximum atomic E-state index is 12.5. The molecule has 0 saturated carbocycles. The largest absolute Gasteiger partial charge is 0.355 e. The average molecular weight is 294 g/mol. The topological polar surface area (TPSA) is 66.5 Å². The number of hydrogen-bond acceptors (Lipinski definition) is 3. The van der Waals surface area contributed by atoms with Crippen molar-refractivity contribution >= 4 is 23.4 Å². The highest BCUT2D eigenvalue weighted by Gasteiger charge is 2.36. The molecule has 0 spiro atoms. The van der Waals surface area contributed by atoms with Crippen molar-refractivity contribution in [3.63, 3.8) is 0 Å². The standard InChI is InChI=1S/C17H14N2O3/c1-10-9-11(15(20)18-2)7-8-14(10)19-16(21)12-5-3-4-6-13(12)17(19)22/h3-9H,1-2H3,(H,18,20). The molecule has 0 saturated heterocycles. The number of carbonyl (C=O) groups is 3. The molecule has 0 bridgehead atoms. The Bertz CT molecular complexity index is 776. The van der Waals surface area contributed by atoms with Gasteiger partial charge in [0.1, 0.15) is 0 Å². The third kappa shape index (κ3) is 1.98. The van der Waals surface area contributed by atoms with Crippen LogP contribution in [0.15, 0.2) is 42.5 Å². The predicted octanol–water partition coefficient (Wildman–Crippen LogP) is 2.16. The number of amides is 3. The molecule has 3 amide bonds. The van der Waals surface area contributed by atoms with Crippen molar-refractivity contribution in [3.05, 3.63) is 64.7 Å². The monoisotopic (exact) mass is 294 g/mol. The first kappa shape index (κ1) is 14.0. The van der Waals surface area contributed by atoms with Crippen molar-refractivity contribution in [2.75, 3.05) is 11.9 Å². The van der Waals surface area contributed by atoms with E-state index in [1.54, 1.807) is 56.4 Å². The van der Waals surface area contributed by atoms with Crippen molar-refractivity contribution in [2.45, 2.75) is 6.92 Å². The number of benzene rings is 2. The number of rotatable bonds is 2. The lowest BCUT2D eigenvalue weighted by Gasteiger charge is -2.17. The van der Waals surface area contributed by atoms with Crippen LogP contribution in [-0.4, -0.2) is 24.8 Å². The maximum absolute atomic E-state index is 12.5. The van der Waals surface area contributed by atoms with Crippen LogP contribution in [0.4, 0.5) is 5.69 Å². The van der Waals surface area contributed by atoms with Crippen molar-refractivity contribution in [2.24, 2.45) is 0 Å². The summed E-state index contributed by atoms with van der Waals surface area (Å²) in [6, 6.07) is 11.6. The smallest absolute Gasteiger partial charge is 0.266 e. The lowest BCUT2D eigenvalue weighted by molar-refractivity contribution is 0.0923. The number of fused-ring (bicyclic) bond motifs is 1. The van der Waals surface area contributed by atoms with Crippen LogP contribution in [0.25, 0.3) is 0 Å². The molecule has 2 aromatic rings. The Morgan fingerprint density at radius 2 is 1.59 bits per heavy atom. The number of imide groups is 1. The second-order valence-electron chi connectivity index (χ2n) is 5.07. The molecular formula is C17H14N2O3. The SMILES string of the molecule is CNC(=O)c1ccc(N2C(=O)c3ccccc3C2=O)c(C)c1. The number of hydrogen-bond donors (Lipinski definition) is 1. The highest BCUT2D eigenvalue weighted by atomic mass is 16.2. The molecule has 1 heterocycles. The van der Waals surface area contributed by atoms with Gasteiger partial charge in [0.15, 0.2) is 0 Å². The number of aryl methyl sites for hydroxylation is 1. The van der Waals surface area contributed by atoms with Crippen LogP contribution in [0.3, 0.4) is 0 Å². The van der Waals surface area contributed by atoms with E-state index in [-0.39, 0.29) is 17.7 Å². The number of anilines is 1. The molecule has 0 aliphatic carbocycles. The lowest BCUT2D eigenvalue weighted by Crippen LogP contribution is -2.30. The van der Waals surface area contributed by atoms with Crippen molar-refractivity contribution in [1.29, 1.82) is 0 Å². The Hall–Kier alpha value is -2.95. The lowest BCUT2D eigenvalue weighted by atomic mass is 10.1. The van der Waals surface area contributed by atoms with Gasteiger partial charge in [-0.05, 0) is 42.8 Å². The predicted molar refractivity (Wildman–Crippen MR) is 82.2 cm³/mol. The maximum Gasteiger partial charge on any atom is 0.266 e. The highest BCUT2D eigenvalue weighted by molar-refractivity contribution is 6.34. The van der Waals surface area contributed by atoms with E-state index in [2.05, 4.69) is 5.32 Å². The molecule has 0 radical (unpaired) electrons.